The largest absolute Gasteiger partial charge is 0.272 e. The molecule has 1 nitrogen and oxygen atoms in total. The van der Waals surface area contributed by atoms with Gasteiger partial charge in [-0.1, -0.05) is 19.1 Å². The Morgan fingerprint density at radius 3 is 2.33 bits per heavy atom. The zero-order valence-corrected chi connectivity index (χ0v) is 6.15. The fourth-order valence-corrected chi connectivity index (χ4v) is 0.613. The van der Waals surface area contributed by atoms with Crippen LogP contribution in [0, 0.1) is 0 Å². The number of allylic oxidation sites excluding steroid dienone is 2. The van der Waals surface area contributed by atoms with Crippen LogP contribution in [0.15, 0.2) is 28.9 Å². The molecule has 0 radical (unpaired) electrons. The van der Waals surface area contributed by atoms with E-state index in [9.17, 15) is 0 Å². The zero-order chi connectivity index (χ0) is 7.28. The fraction of sp³-hybridized carbons (Fsp3) is 0.375. The van der Waals surface area contributed by atoms with Crippen molar-refractivity contribution in [3.05, 3.63) is 23.9 Å². The normalized spacial score (nSPS) is 11.1. The Morgan fingerprint density at radius 2 is 2.22 bits per heavy atom. The Balaban J connectivity index is 4.14. The third-order valence-electron chi connectivity index (χ3n) is 1.18. The van der Waals surface area contributed by atoms with Gasteiger partial charge >= 0.3 is 0 Å². The minimum absolute atomic E-state index is 0.981. The molecule has 0 aliphatic carbocycles. The molecule has 0 saturated heterocycles. The summed E-state index contributed by atoms with van der Waals surface area (Å²) >= 11 is 0. The lowest BCUT2D eigenvalue weighted by Gasteiger charge is -1.98. The van der Waals surface area contributed by atoms with E-state index in [0.717, 1.165) is 12.0 Å². The molecule has 0 aliphatic heterocycles. The Bertz CT molecular complexity index is 143. The van der Waals surface area contributed by atoms with Crippen LogP contribution in [0.1, 0.15) is 20.3 Å². The van der Waals surface area contributed by atoms with E-state index in [1.165, 1.54) is 5.57 Å². The summed E-state index contributed by atoms with van der Waals surface area (Å²) in [6, 6.07) is 0. The molecule has 0 fully saturated rings. The van der Waals surface area contributed by atoms with E-state index in [2.05, 4.69) is 25.2 Å². The van der Waals surface area contributed by atoms with Gasteiger partial charge in [-0.3, -0.25) is 4.99 Å². The van der Waals surface area contributed by atoms with Gasteiger partial charge in [0.25, 0.3) is 0 Å². The molecule has 0 spiro atoms. The van der Waals surface area contributed by atoms with Crippen molar-refractivity contribution in [1.82, 2.24) is 0 Å². The zero-order valence-electron chi connectivity index (χ0n) is 6.15. The van der Waals surface area contributed by atoms with E-state index in [0.29, 0.717) is 0 Å². The molecular weight excluding hydrogens is 110 g/mol. The molecule has 0 unspecified atom stereocenters. The lowest BCUT2D eigenvalue weighted by molar-refractivity contribution is 1.10. The predicted molar refractivity (Wildman–Crippen MR) is 42.7 cm³/mol. The van der Waals surface area contributed by atoms with Gasteiger partial charge in [0.05, 0.1) is 0 Å². The van der Waals surface area contributed by atoms with E-state index in [1.807, 2.05) is 6.92 Å². The summed E-state index contributed by atoms with van der Waals surface area (Å²) in [4.78, 5) is 3.66. The Morgan fingerprint density at radius 1 is 1.67 bits per heavy atom. The average molecular weight is 123 g/mol. The van der Waals surface area contributed by atoms with Crippen LogP contribution in [-0.4, -0.2) is 6.72 Å². The Kier molecular flexibility index (Phi) is 3.69. The van der Waals surface area contributed by atoms with Crippen molar-refractivity contribution in [3.63, 3.8) is 0 Å². The monoisotopic (exact) mass is 123 g/mol. The molecule has 0 atom stereocenters. The van der Waals surface area contributed by atoms with Crippen LogP contribution in [0.5, 0.6) is 0 Å². The second-order valence-corrected chi connectivity index (χ2v) is 1.97. The first-order valence-corrected chi connectivity index (χ1v) is 3.03. The quantitative estimate of drug-likeness (QED) is 0.404. The maximum absolute atomic E-state index is 3.79. The van der Waals surface area contributed by atoms with Gasteiger partial charge in [-0.15, -0.1) is 0 Å². The van der Waals surface area contributed by atoms with Crippen LogP contribution in [0.3, 0.4) is 0 Å². The van der Waals surface area contributed by atoms with Gasteiger partial charge in [-0.25, -0.2) is 0 Å². The van der Waals surface area contributed by atoms with Crippen molar-refractivity contribution < 1.29 is 0 Å². The van der Waals surface area contributed by atoms with E-state index >= 15 is 0 Å². The molecular formula is C8H13N. The first kappa shape index (κ1) is 8.15. The molecule has 0 aromatic rings. The highest BCUT2D eigenvalue weighted by Crippen LogP contribution is 2.09. The summed E-state index contributed by atoms with van der Waals surface area (Å²) in [6.45, 7) is 11.2. The SMILES string of the molecule is C=N/C=C(/CC)C(=C)C. The second kappa shape index (κ2) is 4.07. The van der Waals surface area contributed by atoms with Crippen molar-refractivity contribution in [2.75, 3.05) is 0 Å². The topological polar surface area (TPSA) is 12.4 Å². The van der Waals surface area contributed by atoms with Gasteiger partial charge in [0.2, 0.25) is 0 Å². The molecule has 0 saturated carbocycles. The van der Waals surface area contributed by atoms with Crippen LogP contribution < -0.4 is 0 Å². The second-order valence-electron chi connectivity index (χ2n) is 1.97. The van der Waals surface area contributed by atoms with Gasteiger partial charge in [-0.05, 0) is 25.6 Å². The third-order valence-corrected chi connectivity index (χ3v) is 1.18. The van der Waals surface area contributed by atoms with Gasteiger partial charge in [0.1, 0.15) is 0 Å². The van der Waals surface area contributed by atoms with Crippen molar-refractivity contribution in [2.24, 2.45) is 4.99 Å². The third kappa shape index (κ3) is 2.85. The smallest absolute Gasteiger partial charge is 0.0294 e. The highest BCUT2D eigenvalue weighted by Gasteiger charge is 1.90. The van der Waals surface area contributed by atoms with Crippen molar-refractivity contribution in [3.8, 4) is 0 Å². The molecule has 9 heavy (non-hydrogen) atoms. The number of nitrogens with zero attached hydrogens (tertiary/aromatic N) is 1. The van der Waals surface area contributed by atoms with Crippen molar-refractivity contribution in [2.45, 2.75) is 20.3 Å². The molecule has 0 heterocycles. The van der Waals surface area contributed by atoms with Gasteiger partial charge in [0, 0.05) is 6.20 Å². The molecule has 0 bridgehead atoms. The van der Waals surface area contributed by atoms with Crippen LogP contribution in [0.4, 0.5) is 0 Å². The minimum atomic E-state index is 0.981. The van der Waals surface area contributed by atoms with Gasteiger partial charge in [-0.2, -0.15) is 0 Å². The molecule has 0 N–H and O–H groups in total. The number of rotatable bonds is 3. The summed E-state index contributed by atoms with van der Waals surface area (Å²) in [7, 11) is 0. The summed E-state index contributed by atoms with van der Waals surface area (Å²) < 4.78 is 0. The van der Waals surface area contributed by atoms with E-state index < -0.39 is 0 Å². The standard InChI is InChI=1S/C8H13N/c1-5-8(6-9-4)7(2)3/h6H,2,4-5H2,1,3H3/b8-6-. The fourth-order valence-electron chi connectivity index (χ4n) is 0.613. The van der Waals surface area contributed by atoms with Crippen LogP contribution in [0.25, 0.3) is 0 Å². The van der Waals surface area contributed by atoms with E-state index in [4.69, 9.17) is 0 Å². The average Bonchev–Trinajstić information content (AvgIpc) is 1.82. The van der Waals surface area contributed by atoms with Crippen LogP contribution in [-0.2, 0) is 0 Å². The maximum atomic E-state index is 3.79. The Labute approximate surface area is 56.8 Å². The minimum Gasteiger partial charge on any atom is -0.272 e. The molecule has 0 aromatic heterocycles. The van der Waals surface area contributed by atoms with Crippen LogP contribution in [0.2, 0.25) is 0 Å². The number of hydrogen-bond acceptors (Lipinski definition) is 1. The molecule has 0 aliphatic rings. The van der Waals surface area contributed by atoms with Crippen LogP contribution >= 0.6 is 0 Å². The first-order chi connectivity index (χ1) is 4.22. The predicted octanol–water partition coefficient (Wildman–Crippen LogP) is 2.56. The summed E-state index contributed by atoms with van der Waals surface area (Å²) in [5.41, 5.74) is 2.25. The maximum Gasteiger partial charge on any atom is 0.0294 e. The summed E-state index contributed by atoms with van der Waals surface area (Å²) in [6.07, 6.45) is 2.73. The number of hydrogen-bond donors (Lipinski definition) is 0. The summed E-state index contributed by atoms with van der Waals surface area (Å²) in [5, 5.41) is 0. The summed E-state index contributed by atoms with van der Waals surface area (Å²) in [5.74, 6) is 0. The first-order valence-electron chi connectivity index (χ1n) is 3.03. The highest BCUT2D eigenvalue weighted by atomic mass is 14.6. The lowest BCUT2D eigenvalue weighted by atomic mass is 10.1. The van der Waals surface area contributed by atoms with E-state index in [-0.39, 0.29) is 0 Å². The lowest BCUT2D eigenvalue weighted by Crippen LogP contribution is -1.79. The molecule has 1 heteroatoms. The molecule has 0 amide bonds. The Hall–Kier alpha value is -0.850. The van der Waals surface area contributed by atoms with Gasteiger partial charge in [0.15, 0.2) is 0 Å². The molecule has 50 valence electrons. The van der Waals surface area contributed by atoms with Gasteiger partial charge < -0.3 is 0 Å². The molecule has 0 rings (SSSR count). The van der Waals surface area contributed by atoms with Crippen molar-refractivity contribution in [1.29, 1.82) is 0 Å². The number of aliphatic imine (C=N–C) groups is 1. The van der Waals surface area contributed by atoms with E-state index in [1.54, 1.807) is 6.20 Å². The highest BCUT2D eigenvalue weighted by molar-refractivity contribution is 5.31. The van der Waals surface area contributed by atoms with Crippen molar-refractivity contribution >= 4 is 6.72 Å². The molecule has 0 aromatic carbocycles.